The van der Waals surface area contributed by atoms with Crippen molar-refractivity contribution in [3.63, 3.8) is 0 Å². The van der Waals surface area contributed by atoms with Gasteiger partial charge in [0.15, 0.2) is 0 Å². The minimum Gasteiger partial charge on any atom is -0.441 e. The Morgan fingerprint density at radius 3 is 2.50 bits per heavy atom. The minimum atomic E-state index is -3.57. The summed E-state index contributed by atoms with van der Waals surface area (Å²) in [6.45, 7) is 1.76. The lowest BCUT2D eigenvalue weighted by atomic mass is 10.2. The highest BCUT2D eigenvalue weighted by atomic mass is 32.2. The molecule has 1 amide bonds. The van der Waals surface area contributed by atoms with E-state index >= 15 is 0 Å². The smallest absolute Gasteiger partial charge is 0.242 e. The standard InChI is InChI=1S/C20H21N3O4S/c1-14-18(22-20(27-14)15-8-5-4-6-9-15)13-19(24)21-16-10-7-11-17(12-16)28(25,26)23(2)3/h4-12H,13H2,1-3H3,(H,21,24). The number of nitrogens with zero attached hydrogens (tertiary/aromatic N) is 2. The molecule has 2 aromatic carbocycles. The first kappa shape index (κ1) is 19.8. The van der Waals surface area contributed by atoms with Gasteiger partial charge in [0.1, 0.15) is 5.76 Å². The Morgan fingerprint density at radius 1 is 1.11 bits per heavy atom. The zero-order valence-electron chi connectivity index (χ0n) is 15.8. The Balaban J connectivity index is 1.74. The Bertz CT molecular complexity index is 1090. The van der Waals surface area contributed by atoms with Crippen LogP contribution in [0.4, 0.5) is 5.69 Å². The second-order valence-electron chi connectivity index (χ2n) is 6.43. The highest BCUT2D eigenvalue weighted by Gasteiger charge is 2.18. The molecule has 1 N–H and O–H groups in total. The molecule has 28 heavy (non-hydrogen) atoms. The fourth-order valence-corrected chi connectivity index (χ4v) is 3.55. The molecular formula is C20H21N3O4S. The van der Waals surface area contributed by atoms with Crippen molar-refractivity contribution < 1.29 is 17.6 Å². The lowest BCUT2D eigenvalue weighted by Gasteiger charge is -2.12. The average molecular weight is 399 g/mol. The molecule has 1 heterocycles. The second kappa shape index (κ2) is 7.95. The minimum absolute atomic E-state index is 0.0207. The van der Waals surface area contributed by atoms with Gasteiger partial charge in [-0.1, -0.05) is 24.3 Å². The van der Waals surface area contributed by atoms with Gasteiger partial charge in [-0.15, -0.1) is 0 Å². The summed E-state index contributed by atoms with van der Waals surface area (Å²) in [6, 6.07) is 15.6. The van der Waals surface area contributed by atoms with E-state index in [-0.39, 0.29) is 17.2 Å². The Kier molecular flexibility index (Phi) is 5.62. The highest BCUT2D eigenvalue weighted by Crippen LogP contribution is 2.22. The average Bonchev–Trinajstić information content (AvgIpc) is 3.03. The molecule has 0 aliphatic rings. The highest BCUT2D eigenvalue weighted by molar-refractivity contribution is 7.89. The van der Waals surface area contributed by atoms with Crippen molar-refractivity contribution >= 4 is 21.6 Å². The molecule has 3 aromatic rings. The van der Waals surface area contributed by atoms with Crippen molar-refractivity contribution in [2.75, 3.05) is 19.4 Å². The Hall–Kier alpha value is -2.97. The molecule has 0 spiro atoms. The van der Waals surface area contributed by atoms with Crippen LogP contribution in [0.15, 0.2) is 63.9 Å². The maximum atomic E-state index is 12.4. The van der Waals surface area contributed by atoms with E-state index in [9.17, 15) is 13.2 Å². The van der Waals surface area contributed by atoms with Crippen LogP contribution in [0.25, 0.3) is 11.5 Å². The summed E-state index contributed by atoms with van der Waals surface area (Å²) >= 11 is 0. The number of benzene rings is 2. The number of oxazole rings is 1. The van der Waals surface area contributed by atoms with Crippen molar-refractivity contribution in [3.05, 3.63) is 66.1 Å². The van der Waals surface area contributed by atoms with Crippen molar-refractivity contribution in [3.8, 4) is 11.5 Å². The van der Waals surface area contributed by atoms with Crippen molar-refractivity contribution in [1.82, 2.24) is 9.29 Å². The van der Waals surface area contributed by atoms with Crippen LogP contribution in [0.5, 0.6) is 0 Å². The molecule has 1 aromatic heterocycles. The number of sulfonamides is 1. The third kappa shape index (κ3) is 4.29. The molecule has 3 rings (SSSR count). The zero-order chi connectivity index (χ0) is 20.3. The van der Waals surface area contributed by atoms with E-state index in [1.165, 1.54) is 26.2 Å². The van der Waals surface area contributed by atoms with Crippen LogP contribution in [0, 0.1) is 6.92 Å². The van der Waals surface area contributed by atoms with Crippen LogP contribution >= 0.6 is 0 Å². The maximum absolute atomic E-state index is 12.4. The molecule has 0 saturated carbocycles. The number of rotatable bonds is 6. The van der Waals surface area contributed by atoms with E-state index in [1.807, 2.05) is 30.3 Å². The quantitative estimate of drug-likeness (QED) is 0.688. The van der Waals surface area contributed by atoms with Crippen LogP contribution in [0.2, 0.25) is 0 Å². The summed E-state index contributed by atoms with van der Waals surface area (Å²) in [5.41, 5.74) is 1.77. The van der Waals surface area contributed by atoms with E-state index in [1.54, 1.807) is 19.1 Å². The fourth-order valence-electron chi connectivity index (χ4n) is 2.60. The van der Waals surface area contributed by atoms with Gasteiger partial charge in [-0.2, -0.15) is 0 Å². The first-order chi connectivity index (χ1) is 13.3. The first-order valence-electron chi connectivity index (χ1n) is 8.61. The van der Waals surface area contributed by atoms with Gasteiger partial charge in [0.25, 0.3) is 0 Å². The predicted molar refractivity (Wildman–Crippen MR) is 106 cm³/mol. The van der Waals surface area contributed by atoms with Crippen molar-refractivity contribution in [1.29, 1.82) is 0 Å². The van der Waals surface area contributed by atoms with Crippen LogP contribution in [0.1, 0.15) is 11.5 Å². The molecule has 0 bridgehead atoms. The summed E-state index contributed by atoms with van der Waals surface area (Å²) in [5.74, 6) is 0.716. The number of aromatic nitrogens is 1. The number of anilines is 1. The van der Waals surface area contributed by atoms with Gasteiger partial charge in [-0.3, -0.25) is 4.79 Å². The summed E-state index contributed by atoms with van der Waals surface area (Å²) in [4.78, 5) is 16.9. The molecular weight excluding hydrogens is 378 g/mol. The van der Waals surface area contributed by atoms with E-state index in [4.69, 9.17) is 4.42 Å². The number of hydrogen-bond donors (Lipinski definition) is 1. The molecule has 0 atom stereocenters. The number of amides is 1. The summed E-state index contributed by atoms with van der Waals surface area (Å²) in [7, 11) is -0.660. The predicted octanol–water partition coefficient (Wildman–Crippen LogP) is 3.08. The second-order valence-corrected chi connectivity index (χ2v) is 8.58. The van der Waals surface area contributed by atoms with Crippen molar-refractivity contribution in [2.45, 2.75) is 18.2 Å². The van der Waals surface area contributed by atoms with Gasteiger partial charge in [-0.05, 0) is 37.3 Å². The number of nitrogens with one attached hydrogen (secondary N) is 1. The van der Waals surface area contributed by atoms with E-state index < -0.39 is 10.0 Å². The molecule has 0 fully saturated rings. The van der Waals surface area contributed by atoms with Gasteiger partial charge in [0.05, 0.1) is 17.0 Å². The largest absolute Gasteiger partial charge is 0.441 e. The Labute approximate surface area is 164 Å². The molecule has 8 heteroatoms. The third-order valence-electron chi connectivity index (χ3n) is 4.14. The van der Waals surface area contributed by atoms with Gasteiger partial charge in [0.2, 0.25) is 21.8 Å². The van der Waals surface area contributed by atoms with Gasteiger partial charge in [0, 0.05) is 25.3 Å². The molecule has 0 unspecified atom stereocenters. The normalized spacial score (nSPS) is 11.6. The van der Waals surface area contributed by atoms with Crippen LogP contribution in [-0.2, 0) is 21.2 Å². The Morgan fingerprint density at radius 2 is 1.82 bits per heavy atom. The molecule has 0 saturated heterocycles. The van der Waals surface area contributed by atoms with Crippen molar-refractivity contribution in [2.24, 2.45) is 0 Å². The molecule has 0 aliphatic heterocycles. The number of hydrogen-bond acceptors (Lipinski definition) is 5. The molecule has 7 nitrogen and oxygen atoms in total. The lowest BCUT2D eigenvalue weighted by Crippen LogP contribution is -2.22. The van der Waals surface area contributed by atoms with Crippen LogP contribution in [0.3, 0.4) is 0 Å². The fraction of sp³-hybridized carbons (Fsp3) is 0.200. The molecule has 0 aliphatic carbocycles. The van der Waals surface area contributed by atoms with E-state index in [2.05, 4.69) is 10.3 Å². The zero-order valence-corrected chi connectivity index (χ0v) is 16.7. The summed E-state index contributed by atoms with van der Waals surface area (Å²) in [5, 5.41) is 2.71. The SMILES string of the molecule is Cc1oc(-c2ccccc2)nc1CC(=O)Nc1cccc(S(=O)(=O)N(C)C)c1. The van der Waals surface area contributed by atoms with Crippen LogP contribution < -0.4 is 5.32 Å². The maximum Gasteiger partial charge on any atom is 0.242 e. The number of carbonyl (C=O) groups is 1. The van der Waals surface area contributed by atoms with Gasteiger partial charge in [-0.25, -0.2) is 17.7 Å². The lowest BCUT2D eigenvalue weighted by molar-refractivity contribution is -0.115. The third-order valence-corrected chi connectivity index (χ3v) is 5.95. The molecule has 0 radical (unpaired) electrons. The van der Waals surface area contributed by atoms with E-state index in [0.29, 0.717) is 23.0 Å². The summed E-state index contributed by atoms with van der Waals surface area (Å²) in [6.07, 6.45) is 0.0207. The summed E-state index contributed by atoms with van der Waals surface area (Å²) < 4.78 is 31.3. The number of aryl methyl sites for hydroxylation is 1. The van der Waals surface area contributed by atoms with Crippen LogP contribution in [-0.4, -0.2) is 37.7 Å². The molecule has 146 valence electrons. The topological polar surface area (TPSA) is 92.5 Å². The monoisotopic (exact) mass is 399 g/mol. The first-order valence-corrected chi connectivity index (χ1v) is 10.1. The number of carbonyl (C=O) groups excluding carboxylic acids is 1. The van der Waals surface area contributed by atoms with Gasteiger partial charge < -0.3 is 9.73 Å². The van der Waals surface area contributed by atoms with Gasteiger partial charge >= 0.3 is 0 Å². The van der Waals surface area contributed by atoms with E-state index in [0.717, 1.165) is 9.87 Å².